The molecule has 0 aromatic carbocycles. The molecule has 1 saturated heterocycles. The Bertz CT molecular complexity index is 937. The smallest absolute Gasteiger partial charge is 0.407 e. The number of H-pyrrole nitrogens is 2. The van der Waals surface area contributed by atoms with Crippen LogP contribution in [0, 0.1) is 5.92 Å². The summed E-state index contributed by atoms with van der Waals surface area (Å²) in [6.07, 6.45) is 2.46. The molecular formula is C14H15N5O3. The molecule has 0 radical (unpaired) electrons. The predicted octanol–water partition coefficient (Wildman–Crippen LogP) is 1.38. The molecule has 1 amide bonds. The summed E-state index contributed by atoms with van der Waals surface area (Å²) >= 11 is 0. The van der Waals surface area contributed by atoms with E-state index in [2.05, 4.69) is 15.0 Å². The quantitative estimate of drug-likeness (QED) is 0.631. The number of aromatic nitrogens is 4. The number of hydrogen-bond acceptors (Lipinski definition) is 3. The van der Waals surface area contributed by atoms with Crippen LogP contribution in [0.1, 0.15) is 13.0 Å². The number of carboxylic acid groups (broad SMARTS) is 1. The normalized spacial score (nSPS) is 22.0. The van der Waals surface area contributed by atoms with Gasteiger partial charge in [-0.25, -0.2) is 14.6 Å². The third kappa shape index (κ3) is 1.66. The van der Waals surface area contributed by atoms with Gasteiger partial charge in [0.25, 0.3) is 0 Å². The number of imidazole rings is 1. The fourth-order valence-corrected chi connectivity index (χ4v) is 3.38. The molecule has 0 saturated carbocycles. The van der Waals surface area contributed by atoms with Gasteiger partial charge in [-0.2, -0.15) is 0 Å². The maximum atomic E-state index is 12.4. The molecule has 4 heterocycles. The number of nitrogens with zero attached hydrogens (tertiary/aromatic N) is 3. The van der Waals surface area contributed by atoms with Gasteiger partial charge < -0.3 is 20.0 Å². The molecule has 3 aromatic heterocycles. The van der Waals surface area contributed by atoms with Gasteiger partial charge in [0.1, 0.15) is 5.65 Å². The van der Waals surface area contributed by atoms with Crippen LogP contribution in [0.4, 0.5) is 4.79 Å². The lowest BCUT2D eigenvalue weighted by molar-refractivity contribution is 0.153. The number of nitrogens with one attached hydrogen (secondary N) is 2. The molecule has 0 spiro atoms. The van der Waals surface area contributed by atoms with Crippen LogP contribution in [0.3, 0.4) is 0 Å². The van der Waals surface area contributed by atoms with E-state index in [-0.39, 0.29) is 17.6 Å². The molecule has 3 N–H and O–H groups in total. The molecule has 0 aliphatic carbocycles. The third-order valence-corrected chi connectivity index (χ3v) is 4.43. The number of hydrogen-bond donors (Lipinski definition) is 3. The second kappa shape index (κ2) is 4.36. The maximum Gasteiger partial charge on any atom is 0.407 e. The Labute approximate surface area is 124 Å². The highest BCUT2D eigenvalue weighted by atomic mass is 16.4. The van der Waals surface area contributed by atoms with Crippen molar-refractivity contribution in [1.29, 1.82) is 0 Å². The zero-order chi connectivity index (χ0) is 15.4. The number of rotatable bonds is 1. The zero-order valence-corrected chi connectivity index (χ0v) is 11.9. The first-order valence-corrected chi connectivity index (χ1v) is 7.10. The Morgan fingerprint density at radius 2 is 2.27 bits per heavy atom. The van der Waals surface area contributed by atoms with Crippen LogP contribution in [0.25, 0.3) is 22.1 Å². The van der Waals surface area contributed by atoms with Crippen LogP contribution in [-0.4, -0.2) is 48.7 Å². The van der Waals surface area contributed by atoms with Gasteiger partial charge >= 0.3 is 11.8 Å². The molecule has 3 aromatic rings. The summed E-state index contributed by atoms with van der Waals surface area (Å²) in [5.74, 6) is 0.0648. The van der Waals surface area contributed by atoms with Crippen molar-refractivity contribution in [3.05, 3.63) is 28.9 Å². The Morgan fingerprint density at radius 3 is 3.00 bits per heavy atom. The fraction of sp³-hybridized carbons (Fsp3) is 0.357. The van der Waals surface area contributed by atoms with Crippen LogP contribution < -0.4 is 5.69 Å². The molecule has 1 aliphatic rings. The van der Waals surface area contributed by atoms with Crippen molar-refractivity contribution in [2.24, 2.45) is 5.92 Å². The van der Waals surface area contributed by atoms with Crippen molar-refractivity contribution in [2.45, 2.75) is 13.0 Å². The van der Waals surface area contributed by atoms with Gasteiger partial charge in [-0.1, -0.05) is 6.92 Å². The van der Waals surface area contributed by atoms with Gasteiger partial charge in [0, 0.05) is 24.7 Å². The monoisotopic (exact) mass is 301 g/mol. The van der Waals surface area contributed by atoms with E-state index >= 15 is 0 Å². The van der Waals surface area contributed by atoms with Crippen molar-refractivity contribution in [1.82, 2.24) is 24.4 Å². The fourth-order valence-electron chi connectivity index (χ4n) is 3.38. The van der Waals surface area contributed by atoms with E-state index in [9.17, 15) is 14.7 Å². The number of carbonyl (C=O) groups is 1. The average Bonchev–Trinajstić information content (AvgIpc) is 3.13. The SMILES string of the molecule is C[C@@H]1CN(C(=O)O)C[C@H]1n1c(=O)[nH]c2cnc3[nH]ccc3c21. The van der Waals surface area contributed by atoms with Crippen LogP contribution in [0.15, 0.2) is 23.3 Å². The van der Waals surface area contributed by atoms with Crippen molar-refractivity contribution >= 4 is 28.2 Å². The number of fused-ring (bicyclic) bond motifs is 3. The number of likely N-dealkylation sites (tertiary alicyclic amines) is 1. The Kier molecular flexibility index (Phi) is 2.56. The van der Waals surface area contributed by atoms with Crippen LogP contribution in [0.5, 0.6) is 0 Å². The first-order valence-electron chi connectivity index (χ1n) is 7.10. The summed E-state index contributed by atoms with van der Waals surface area (Å²) in [6, 6.07) is 1.70. The molecule has 2 atom stereocenters. The number of aromatic amines is 2. The van der Waals surface area contributed by atoms with E-state index in [0.717, 1.165) is 10.9 Å². The van der Waals surface area contributed by atoms with E-state index < -0.39 is 6.09 Å². The summed E-state index contributed by atoms with van der Waals surface area (Å²) in [5, 5.41) is 10.0. The third-order valence-electron chi connectivity index (χ3n) is 4.43. The summed E-state index contributed by atoms with van der Waals surface area (Å²) in [7, 11) is 0. The largest absolute Gasteiger partial charge is 0.465 e. The molecular weight excluding hydrogens is 286 g/mol. The average molecular weight is 301 g/mol. The minimum absolute atomic E-state index is 0.0648. The first kappa shape index (κ1) is 12.9. The maximum absolute atomic E-state index is 12.4. The number of pyridine rings is 1. The Morgan fingerprint density at radius 1 is 1.45 bits per heavy atom. The summed E-state index contributed by atoms with van der Waals surface area (Å²) in [5.41, 5.74) is 1.92. The van der Waals surface area contributed by atoms with E-state index in [4.69, 9.17) is 0 Å². The van der Waals surface area contributed by atoms with Gasteiger partial charge in [-0.15, -0.1) is 0 Å². The molecule has 22 heavy (non-hydrogen) atoms. The standard InChI is InChI=1S/C14H15N5O3/c1-7-5-18(14(21)22)6-10(7)19-11-8-2-3-15-12(8)16-4-9(11)17-13(19)20/h2-4,7,10H,5-6H2,1H3,(H,15,16)(H,17,20)(H,21,22)/t7-,10-/m1/s1. The Hall–Kier alpha value is -2.77. The number of amides is 1. The molecule has 4 rings (SSSR count). The highest BCUT2D eigenvalue weighted by Crippen LogP contribution is 2.31. The van der Waals surface area contributed by atoms with Crippen LogP contribution in [-0.2, 0) is 0 Å². The van der Waals surface area contributed by atoms with Crippen LogP contribution in [0.2, 0.25) is 0 Å². The Balaban J connectivity index is 1.95. The molecule has 114 valence electrons. The molecule has 0 bridgehead atoms. The second-order valence-corrected chi connectivity index (χ2v) is 5.79. The van der Waals surface area contributed by atoms with Gasteiger partial charge in [0.05, 0.1) is 23.3 Å². The second-order valence-electron chi connectivity index (χ2n) is 5.79. The molecule has 8 nitrogen and oxygen atoms in total. The molecule has 1 aliphatic heterocycles. The van der Waals surface area contributed by atoms with Crippen molar-refractivity contribution in [2.75, 3.05) is 13.1 Å². The molecule has 1 fully saturated rings. The lowest BCUT2D eigenvalue weighted by atomic mass is 10.1. The van der Waals surface area contributed by atoms with E-state index in [1.165, 1.54) is 4.90 Å². The van der Waals surface area contributed by atoms with Crippen LogP contribution >= 0.6 is 0 Å². The topological polar surface area (TPSA) is 107 Å². The van der Waals surface area contributed by atoms with Crippen molar-refractivity contribution in [3.8, 4) is 0 Å². The molecule has 8 heteroatoms. The van der Waals surface area contributed by atoms with E-state index in [1.54, 1.807) is 17.0 Å². The summed E-state index contributed by atoms with van der Waals surface area (Å²) in [6.45, 7) is 2.71. The lowest BCUT2D eigenvalue weighted by Crippen LogP contribution is -2.29. The summed E-state index contributed by atoms with van der Waals surface area (Å²) in [4.78, 5) is 35.1. The van der Waals surface area contributed by atoms with Gasteiger partial charge in [0.15, 0.2) is 0 Å². The predicted molar refractivity (Wildman–Crippen MR) is 80.0 cm³/mol. The van der Waals surface area contributed by atoms with Gasteiger partial charge in [-0.05, 0) is 12.0 Å². The van der Waals surface area contributed by atoms with E-state index in [0.29, 0.717) is 24.3 Å². The lowest BCUT2D eigenvalue weighted by Gasteiger charge is -2.16. The highest BCUT2D eigenvalue weighted by molar-refractivity contribution is 6.00. The van der Waals surface area contributed by atoms with Gasteiger partial charge in [0.2, 0.25) is 0 Å². The summed E-state index contributed by atoms with van der Waals surface area (Å²) < 4.78 is 1.68. The minimum Gasteiger partial charge on any atom is -0.465 e. The highest BCUT2D eigenvalue weighted by Gasteiger charge is 2.35. The van der Waals surface area contributed by atoms with E-state index in [1.807, 2.05) is 13.0 Å². The first-order chi connectivity index (χ1) is 10.6. The molecule has 0 unspecified atom stereocenters. The van der Waals surface area contributed by atoms with Gasteiger partial charge in [-0.3, -0.25) is 4.57 Å². The van der Waals surface area contributed by atoms with Crippen molar-refractivity contribution in [3.63, 3.8) is 0 Å². The zero-order valence-electron chi connectivity index (χ0n) is 11.9. The minimum atomic E-state index is -0.948. The van der Waals surface area contributed by atoms with Crippen molar-refractivity contribution < 1.29 is 9.90 Å².